The molecular formula is C22H22BrClN2O5. The average Bonchev–Trinajstić information content (AvgIpc) is 3.11. The number of halogens is 2. The highest BCUT2D eigenvalue weighted by Gasteiger charge is 2.37. The number of hydrogen-bond donors (Lipinski definition) is 1. The predicted molar refractivity (Wildman–Crippen MR) is 122 cm³/mol. The van der Waals surface area contributed by atoms with Crippen LogP contribution >= 0.6 is 27.5 Å². The molecule has 1 N–H and O–H groups in total. The molecule has 3 rings (SSSR count). The lowest BCUT2D eigenvalue weighted by molar-refractivity contribution is -0.151. The maximum atomic E-state index is 12.5. The molecule has 0 spiro atoms. The summed E-state index contributed by atoms with van der Waals surface area (Å²) in [5.74, 6) is -1.50. The summed E-state index contributed by atoms with van der Waals surface area (Å²) in [4.78, 5) is 38.6. The van der Waals surface area contributed by atoms with Gasteiger partial charge in [-0.25, -0.2) is 0 Å². The molecule has 7 nitrogen and oxygen atoms in total. The number of amides is 2. The highest BCUT2D eigenvalue weighted by molar-refractivity contribution is 9.10. The lowest BCUT2D eigenvalue weighted by Crippen LogP contribution is -2.28. The van der Waals surface area contributed by atoms with Gasteiger partial charge in [-0.1, -0.05) is 27.5 Å². The normalized spacial score (nSPS) is 15.7. The molecule has 1 fully saturated rings. The lowest BCUT2D eigenvalue weighted by atomic mass is 10.1. The Bertz CT molecular complexity index is 1020. The maximum absolute atomic E-state index is 12.5. The SMILES string of the molecule is COc1ccc(Cl)cc1N1C[C@@H](C(=O)OCC(=O)Nc2cc(C)c(Br)c(C)c2)CC1=O. The van der Waals surface area contributed by atoms with Crippen molar-refractivity contribution in [1.82, 2.24) is 0 Å². The molecule has 0 radical (unpaired) electrons. The second-order valence-corrected chi connectivity index (χ2v) is 8.53. The molecule has 1 aliphatic heterocycles. The van der Waals surface area contributed by atoms with Crippen molar-refractivity contribution in [2.24, 2.45) is 5.92 Å². The summed E-state index contributed by atoms with van der Waals surface area (Å²) in [5.41, 5.74) is 3.07. The van der Waals surface area contributed by atoms with Crippen LogP contribution in [0.15, 0.2) is 34.8 Å². The summed E-state index contributed by atoms with van der Waals surface area (Å²) in [5, 5.41) is 3.16. The number of methoxy groups -OCH3 is 1. The molecular weight excluding hydrogens is 488 g/mol. The van der Waals surface area contributed by atoms with E-state index >= 15 is 0 Å². The largest absolute Gasteiger partial charge is 0.495 e. The van der Waals surface area contributed by atoms with Crippen LogP contribution in [0.1, 0.15) is 17.5 Å². The van der Waals surface area contributed by atoms with Gasteiger partial charge in [0.25, 0.3) is 5.91 Å². The van der Waals surface area contributed by atoms with Crippen molar-refractivity contribution in [3.8, 4) is 5.75 Å². The molecule has 31 heavy (non-hydrogen) atoms. The summed E-state index contributed by atoms with van der Waals surface area (Å²) >= 11 is 9.52. The van der Waals surface area contributed by atoms with Crippen molar-refractivity contribution in [2.45, 2.75) is 20.3 Å². The summed E-state index contributed by atoms with van der Waals surface area (Å²) in [6.07, 6.45) is -0.0127. The second-order valence-electron chi connectivity index (χ2n) is 7.30. The van der Waals surface area contributed by atoms with Gasteiger partial charge < -0.3 is 19.7 Å². The zero-order valence-electron chi connectivity index (χ0n) is 17.3. The number of carbonyl (C=O) groups excluding carboxylic acids is 3. The molecule has 9 heteroatoms. The first kappa shape index (κ1) is 23.1. The van der Waals surface area contributed by atoms with E-state index in [1.165, 1.54) is 12.0 Å². The van der Waals surface area contributed by atoms with Crippen molar-refractivity contribution in [3.63, 3.8) is 0 Å². The first-order valence-electron chi connectivity index (χ1n) is 9.56. The fourth-order valence-corrected chi connectivity index (χ4v) is 3.84. The average molecular weight is 510 g/mol. The van der Waals surface area contributed by atoms with Crippen molar-refractivity contribution in [1.29, 1.82) is 0 Å². The van der Waals surface area contributed by atoms with Crippen molar-refractivity contribution in [2.75, 3.05) is 30.5 Å². The van der Waals surface area contributed by atoms with Gasteiger partial charge in [-0.05, 0) is 55.3 Å². The van der Waals surface area contributed by atoms with Gasteiger partial charge in [0.15, 0.2) is 6.61 Å². The molecule has 0 aromatic heterocycles. The van der Waals surface area contributed by atoms with Crippen LogP contribution in [0.25, 0.3) is 0 Å². The van der Waals surface area contributed by atoms with Gasteiger partial charge in [0.1, 0.15) is 5.75 Å². The van der Waals surface area contributed by atoms with Gasteiger partial charge >= 0.3 is 5.97 Å². The molecule has 0 aliphatic carbocycles. The number of nitrogens with one attached hydrogen (secondary N) is 1. The second kappa shape index (κ2) is 9.70. The molecule has 2 aromatic carbocycles. The number of anilines is 2. The van der Waals surface area contributed by atoms with E-state index < -0.39 is 24.4 Å². The summed E-state index contributed by atoms with van der Waals surface area (Å²) in [7, 11) is 1.49. The number of nitrogens with zero attached hydrogens (tertiary/aromatic N) is 1. The predicted octanol–water partition coefficient (Wildman–Crippen LogP) is 4.26. The van der Waals surface area contributed by atoms with Crippen molar-refractivity contribution < 1.29 is 23.9 Å². The van der Waals surface area contributed by atoms with E-state index in [1.807, 2.05) is 26.0 Å². The Balaban J connectivity index is 1.59. The van der Waals surface area contributed by atoms with Crippen LogP contribution in [0.2, 0.25) is 5.02 Å². The Labute approximate surface area is 193 Å². The molecule has 1 saturated heterocycles. The fraction of sp³-hybridized carbons (Fsp3) is 0.318. The van der Waals surface area contributed by atoms with Gasteiger partial charge in [0.2, 0.25) is 5.91 Å². The number of esters is 1. The van der Waals surface area contributed by atoms with Crippen LogP contribution in [-0.4, -0.2) is 38.0 Å². The summed E-state index contributed by atoms with van der Waals surface area (Å²) < 4.78 is 11.4. The molecule has 0 bridgehead atoms. The summed E-state index contributed by atoms with van der Waals surface area (Å²) in [6, 6.07) is 8.57. The van der Waals surface area contributed by atoms with Crippen LogP contribution in [0, 0.1) is 19.8 Å². The van der Waals surface area contributed by atoms with Gasteiger partial charge in [0.05, 0.1) is 18.7 Å². The third kappa shape index (κ3) is 5.37. The maximum Gasteiger partial charge on any atom is 0.311 e. The summed E-state index contributed by atoms with van der Waals surface area (Å²) in [6.45, 7) is 3.54. The zero-order chi connectivity index (χ0) is 22.7. The number of aryl methyl sites for hydroxylation is 2. The molecule has 0 unspecified atom stereocenters. The highest BCUT2D eigenvalue weighted by Crippen LogP contribution is 2.35. The van der Waals surface area contributed by atoms with Crippen molar-refractivity contribution >= 4 is 56.7 Å². The molecule has 1 heterocycles. The van der Waals surface area contributed by atoms with Crippen LogP contribution in [0.3, 0.4) is 0 Å². The Morgan fingerprint density at radius 3 is 2.55 bits per heavy atom. The monoisotopic (exact) mass is 508 g/mol. The number of carbonyl (C=O) groups is 3. The topological polar surface area (TPSA) is 84.9 Å². The van der Waals surface area contributed by atoms with Gasteiger partial charge in [0, 0.05) is 28.1 Å². The van der Waals surface area contributed by atoms with Crippen molar-refractivity contribution in [3.05, 3.63) is 51.0 Å². The molecule has 2 aromatic rings. The van der Waals surface area contributed by atoms with Gasteiger partial charge in [-0.2, -0.15) is 0 Å². The number of hydrogen-bond acceptors (Lipinski definition) is 5. The standard InChI is InChI=1S/C22H22BrClN2O5/c1-12-6-16(7-13(2)21(12)23)25-19(27)11-31-22(29)14-8-20(28)26(10-14)17-9-15(24)4-5-18(17)30-3/h4-7,9,14H,8,10-11H2,1-3H3,(H,25,27)/t14-/m0/s1. The first-order valence-corrected chi connectivity index (χ1v) is 10.7. The molecule has 2 amide bonds. The Morgan fingerprint density at radius 2 is 1.90 bits per heavy atom. The van der Waals surface area contributed by atoms with Gasteiger partial charge in [-0.3, -0.25) is 14.4 Å². The quantitative estimate of drug-likeness (QED) is 0.588. The van der Waals surface area contributed by atoms with Crippen LogP contribution in [0.5, 0.6) is 5.75 Å². The van der Waals surface area contributed by atoms with Crippen LogP contribution in [0.4, 0.5) is 11.4 Å². The fourth-order valence-electron chi connectivity index (χ4n) is 3.44. The van der Waals surface area contributed by atoms with Crippen LogP contribution in [-0.2, 0) is 19.1 Å². The molecule has 1 atom stereocenters. The molecule has 1 aliphatic rings. The Hall–Kier alpha value is -2.58. The lowest BCUT2D eigenvalue weighted by Gasteiger charge is -2.19. The van der Waals surface area contributed by atoms with E-state index in [1.54, 1.807) is 18.2 Å². The number of benzene rings is 2. The first-order chi connectivity index (χ1) is 14.7. The minimum Gasteiger partial charge on any atom is -0.495 e. The van der Waals surface area contributed by atoms with E-state index in [0.717, 1.165) is 15.6 Å². The zero-order valence-corrected chi connectivity index (χ0v) is 19.7. The Kier molecular flexibility index (Phi) is 7.23. The van der Waals surface area contributed by atoms with E-state index in [9.17, 15) is 14.4 Å². The highest BCUT2D eigenvalue weighted by atomic mass is 79.9. The smallest absolute Gasteiger partial charge is 0.311 e. The minimum absolute atomic E-state index is 0.0127. The van der Waals surface area contributed by atoms with E-state index in [-0.39, 0.29) is 18.9 Å². The van der Waals surface area contributed by atoms with Crippen LogP contribution < -0.4 is 15.0 Å². The van der Waals surface area contributed by atoms with E-state index in [2.05, 4.69) is 21.2 Å². The van der Waals surface area contributed by atoms with E-state index in [0.29, 0.717) is 22.1 Å². The van der Waals surface area contributed by atoms with E-state index in [4.69, 9.17) is 21.1 Å². The Morgan fingerprint density at radius 1 is 1.23 bits per heavy atom. The third-order valence-corrected chi connectivity index (χ3v) is 6.44. The minimum atomic E-state index is -0.679. The molecule has 0 saturated carbocycles. The number of ether oxygens (including phenoxy) is 2. The molecule has 164 valence electrons. The number of rotatable bonds is 6. The van der Waals surface area contributed by atoms with Gasteiger partial charge in [-0.15, -0.1) is 0 Å². The third-order valence-electron chi connectivity index (χ3n) is 4.96.